The molecular formula is C12H23N3O. The zero-order chi connectivity index (χ0) is 11.4. The van der Waals surface area contributed by atoms with Crippen LogP contribution in [0.4, 0.5) is 0 Å². The normalized spacial score (nSPS) is 29.8. The lowest BCUT2D eigenvalue weighted by Crippen LogP contribution is -2.49. The predicted octanol–water partition coefficient (Wildman–Crippen LogP) is 1.78. The summed E-state index contributed by atoms with van der Waals surface area (Å²) in [6.07, 6.45) is 8.98. The van der Waals surface area contributed by atoms with Crippen molar-refractivity contribution in [3.63, 3.8) is 0 Å². The first-order chi connectivity index (χ1) is 7.81. The minimum atomic E-state index is 0.180. The minimum Gasteiger partial charge on any atom is -0.409 e. The van der Waals surface area contributed by atoms with Crippen LogP contribution in [-0.4, -0.2) is 35.1 Å². The number of piperidine rings is 1. The zero-order valence-electron chi connectivity index (χ0n) is 9.94. The molecule has 0 radical (unpaired) electrons. The summed E-state index contributed by atoms with van der Waals surface area (Å²) in [6.45, 7) is 2.25. The van der Waals surface area contributed by atoms with Crippen LogP contribution in [0.5, 0.6) is 0 Å². The molecule has 3 N–H and O–H groups in total. The highest BCUT2D eigenvalue weighted by Crippen LogP contribution is 2.28. The summed E-state index contributed by atoms with van der Waals surface area (Å²) in [5, 5.41) is 12.0. The topological polar surface area (TPSA) is 61.9 Å². The molecular weight excluding hydrogens is 202 g/mol. The molecule has 2 rings (SSSR count). The van der Waals surface area contributed by atoms with E-state index in [0.717, 1.165) is 25.4 Å². The number of rotatable bonds is 3. The SMILES string of the molecule is NC(=NO)C1CCCCN1CC1CCCC1. The van der Waals surface area contributed by atoms with Crippen LogP contribution in [0.1, 0.15) is 44.9 Å². The second-order valence-electron chi connectivity index (χ2n) is 5.18. The molecule has 1 aliphatic carbocycles. The van der Waals surface area contributed by atoms with Crippen molar-refractivity contribution in [2.24, 2.45) is 16.8 Å². The number of oxime groups is 1. The molecule has 4 nitrogen and oxygen atoms in total. The number of hydrogen-bond donors (Lipinski definition) is 2. The van der Waals surface area contributed by atoms with Gasteiger partial charge in [-0.2, -0.15) is 0 Å². The van der Waals surface area contributed by atoms with Crippen molar-refractivity contribution in [3.8, 4) is 0 Å². The first-order valence-corrected chi connectivity index (χ1v) is 6.52. The van der Waals surface area contributed by atoms with E-state index in [1.165, 1.54) is 38.5 Å². The Bertz CT molecular complexity index is 249. The van der Waals surface area contributed by atoms with Crippen LogP contribution < -0.4 is 5.73 Å². The predicted molar refractivity (Wildman–Crippen MR) is 64.6 cm³/mol. The van der Waals surface area contributed by atoms with E-state index in [9.17, 15) is 0 Å². The van der Waals surface area contributed by atoms with Gasteiger partial charge in [0.05, 0.1) is 6.04 Å². The number of likely N-dealkylation sites (tertiary alicyclic amines) is 1. The quantitative estimate of drug-likeness (QED) is 0.333. The lowest BCUT2D eigenvalue weighted by atomic mass is 9.98. The fourth-order valence-electron chi connectivity index (χ4n) is 3.14. The molecule has 4 heteroatoms. The maximum Gasteiger partial charge on any atom is 0.156 e. The van der Waals surface area contributed by atoms with Gasteiger partial charge in [0.1, 0.15) is 0 Å². The maximum absolute atomic E-state index is 8.80. The Morgan fingerprint density at radius 3 is 2.56 bits per heavy atom. The molecule has 0 aromatic carbocycles. The van der Waals surface area contributed by atoms with Crippen LogP contribution >= 0.6 is 0 Å². The average Bonchev–Trinajstić information content (AvgIpc) is 2.82. The molecule has 1 aliphatic heterocycles. The van der Waals surface area contributed by atoms with Crippen molar-refractivity contribution in [3.05, 3.63) is 0 Å². The van der Waals surface area contributed by atoms with Gasteiger partial charge in [-0.15, -0.1) is 0 Å². The summed E-state index contributed by atoms with van der Waals surface area (Å²) in [7, 11) is 0. The molecule has 0 aromatic heterocycles. The zero-order valence-corrected chi connectivity index (χ0v) is 9.94. The van der Waals surface area contributed by atoms with E-state index in [4.69, 9.17) is 10.9 Å². The molecule has 1 atom stereocenters. The number of hydrogen-bond acceptors (Lipinski definition) is 3. The number of nitrogens with zero attached hydrogens (tertiary/aromatic N) is 2. The Kier molecular flexibility index (Phi) is 4.04. The molecule has 0 bridgehead atoms. The first-order valence-electron chi connectivity index (χ1n) is 6.52. The molecule has 0 spiro atoms. The smallest absolute Gasteiger partial charge is 0.156 e. The van der Waals surface area contributed by atoms with Crippen LogP contribution in [0, 0.1) is 5.92 Å². The van der Waals surface area contributed by atoms with Crippen molar-refractivity contribution >= 4 is 5.84 Å². The van der Waals surface area contributed by atoms with E-state index < -0.39 is 0 Å². The average molecular weight is 225 g/mol. The second kappa shape index (κ2) is 5.53. The van der Waals surface area contributed by atoms with Gasteiger partial charge in [0.25, 0.3) is 0 Å². The monoisotopic (exact) mass is 225 g/mol. The van der Waals surface area contributed by atoms with Crippen molar-refractivity contribution in [1.82, 2.24) is 4.90 Å². The molecule has 2 fully saturated rings. The van der Waals surface area contributed by atoms with Gasteiger partial charge < -0.3 is 10.9 Å². The highest BCUT2D eigenvalue weighted by Gasteiger charge is 2.28. The summed E-state index contributed by atoms with van der Waals surface area (Å²) in [6, 6.07) is 0.180. The third-order valence-electron chi connectivity index (χ3n) is 4.04. The molecule has 1 saturated carbocycles. The van der Waals surface area contributed by atoms with Gasteiger partial charge in [0.15, 0.2) is 5.84 Å². The maximum atomic E-state index is 8.80. The van der Waals surface area contributed by atoms with Crippen LogP contribution in [0.3, 0.4) is 0 Å². The molecule has 16 heavy (non-hydrogen) atoms. The van der Waals surface area contributed by atoms with Crippen molar-refractivity contribution < 1.29 is 5.21 Å². The van der Waals surface area contributed by atoms with Crippen molar-refractivity contribution in [2.45, 2.75) is 51.0 Å². The number of amidine groups is 1. The summed E-state index contributed by atoms with van der Waals surface area (Å²) in [5.74, 6) is 1.24. The molecule has 0 aromatic rings. The van der Waals surface area contributed by atoms with Crippen molar-refractivity contribution in [1.29, 1.82) is 0 Å². The molecule has 2 aliphatic rings. The summed E-state index contributed by atoms with van der Waals surface area (Å²) >= 11 is 0. The third-order valence-corrected chi connectivity index (χ3v) is 4.04. The largest absolute Gasteiger partial charge is 0.409 e. The van der Waals surface area contributed by atoms with Crippen LogP contribution in [0.2, 0.25) is 0 Å². The fourth-order valence-corrected chi connectivity index (χ4v) is 3.14. The van der Waals surface area contributed by atoms with E-state index >= 15 is 0 Å². The van der Waals surface area contributed by atoms with E-state index in [0.29, 0.717) is 5.84 Å². The first kappa shape index (κ1) is 11.7. The minimum absolute atomic E-state index is 0.180. The summed E-state index contributed by atoms with van der Waals surface area (Å²) in [5.41, 5.74) is 5.77. The number of nitrogens with two attached hydrogens (primary N) is 1. The van der Waals surface area contributed by atoms with Gasteiger partial charge in [-0.05, 0) is 38.1 Å². The Morgan fingerprint density at radius 2 is 1.88 bits per heavy atom. The Morgan fingerprint density at radius 1 is 1.19 bits per heavy atom. The van der Waals surface area contributed by atoms with Gasteiger partial charge in [-0.1, -0.05) is 24.4 Å². The van der Waals surface area contributed by atoms with Gasteiger partial charge in [-0.25, -0.2) is 0 Å². The van der Waals surface area contributed by atoms with E-state index in [1.807, 2.05) is 0 Å². The summed E-state index contributed by atoms with van der Waals surface area (Å²) in [4.78, 5) is 2.43. The van der Waals surface area contributed by atoms with Crippen LogP contribution in [-0.2, 0) is 0 Å². The lowest BCUT2D eigenvalue weighted by Gasteiger charge is -2.36. The summed E-state index contributed by atoms with van der Waals surface area (Å²) < 4.78 is 0. The fraction of sp³-hybridized carbons (Fsp3) is 0.917. The Balaban J connectivity index is 1.93. The third kappa shape index (κ3) is 2.67. The van der Waals surface area contributed by atoms with E-state index in [1.54, 1.807) is 0 Å². The van der Waals surface area contributed by atoms with E-state index in [2.05, 4.69) is 10.1 Å². The standard InChI is InChI=1S/C12H23N3O/c13-12(14-16)11-7-3-4-8-15(11)9-10-5-1-2-6-10/h10-11,16H,1-9H2,(H2,13,14). The Hall–Kier alpha value is -0.770. The molecule has 1 unspecified atom stereocenters. The highest BCUT2D eigenvalue weighted by molar-refractivity contribution is 5.85. The lowest BCUT2D eigenvalue weighted by molar-refractivity contribution is 0.160. The second-order valence-corrected chi connectivity index (χ2v) is 5.18. The molecule has 1 heterocycles. The van der Waals surface area contributed by atoms with Gasteiger partial charge >= 0.3 is 0 Å². The van der Waals surface area contributed by atoms with Crippen molar-refractivity contribution in [2.75, 3.05) is 13.1 Å². The molecule has 1 saturated heterocycles. The van der Waals surface area contributed by atoms with Crippen LogP contribution in [0.15, 0.2) is 5.16 Å². The molecule has 0 amide bonds. The highest BCUT2D eigenvalue weighted by atomic mass is 16.4. The van der Waals surface area contributed by atoms with Gasteiger partial charge in [0, 0.05) is 6.54 Å². The molecule has 92 valence electrons. The Labute approximate surface area is 97.5 Å². The van der Waals surface area contributed by atoms with Gasteiger partial charge in [0.2, 0.25) is 0 Å². The van der Waals surface area contributed by atoms with Crippen LogP contribution in [0.25, 0.3) is 0 Å². The van der Waals surface area contributed by atoms with E-state index in [-0.39, 0.29) is 6.04 Å². The van der Waals surface area contributed by atoms with Gasteiger partial charge in [-0.3, -0.25) is 4.90 Å².